The van der Waals surface area contributed by atoms with Crippen molar-refractivity contribution >= 4 is 41.7 Å². The highest BCUT2D eigenvalue weighted by atomic mass is 35.5. The number of aromatic nitrogens is 5. The van der Waals surface area contributed by atoms with Crippen LogP contribution in [0.2, 0.25) is 5.02 Å². The highest BCUT2D eigenvalue weighted by Crippen LogP contribution is 2.39. The molecule has 41 heavy (non-hydrogen) atoms. The Morgan fingerprint density at radius 1 is 1.17 bits per heavy atom. The van der Waals surface area contributed by atoms with E-state index in [1.807, 2.05) is 43.0 Å². The third-order valence-corrected chi connectivity index (χ3v) is 7.90. The van der Waals surface area contributed by atoms with Crippen LogP contribution >= 0.6 is 11.6 Å². The number of anilines is 2. The largest absolute Gasteiger partial charge is 0.377 e. The van der Waals surface area contributed by atoms with Gasteiger partial charge in [-0.15, -0.1) is 5.10 Å². The molecule has 3 aromatic heterocycles. The van der Waals surface area contributed by atoms with Gasteiger partial charge in [0.2, 0.25) is 5.95 Å². The summed E-state index contributed by atoms with van der Waals surface area (Å²) in [6.45, 7) is 2.09. The van der Waals surface area contributed by atoms with Crippen LogP contribution in [0.4, 0.5) is 15.8 Å². The van der Waals surface area contributed by atoms with Crippen molar-refractivity contribution in [3.8, 4) is 6.07 Å². The molecule has 1 aliphatic carbocycles. The molecule has 204 valence electrons. The van der Waals surface area contributed by atoms with E-state index in [9.17, 15) is 9.65 Å². The summed E-state index contributed by atoms with van der Waals surface area (Å²) in [7, 11) is 1.95. The fraction of sp³-hybridized carbons (Fsp3) is 0.233. The van der Waals surface area contributed by atoms with E-state index in [1.165, 1.54) is 12.3 Å². The molecule has 0 amide bonds. The molecule has 2 aromatic carbocycles. The van der Waals surface area contributed by atoms with E-state index in [0.29, 0.717) is 50.2 Å². The van der Waals surface area contributed by atoms with Gasteiger partial charge >= 0.3 is 0 Å². The first-order valence-electron chi connectivity index (χ1n) is 13.6. The smallest absolute Gasteiger partial charge is 0.212 e. The summed E-state index contributed by atoms with van der Waals surface area (Å²) in [5.41, 5.74) is 3.87. The number of fused-ring (bicyclic) bond motifs is 1. The van der Waals surface area contributed by atoms with E-state index in [0.717, 1.165) is 24.8 Å². The zero-order valence-electron chi connectivity index (χ0n) is 22.6. The summed E-state index contributed by atoms with van der Waals surface area (Å²) >= 11 is 6.81. The molecule has 6 rings (SSSR count). The molecule has 11 heteroatoms. The quantitative estimate of drug-likeness (QED) is 0.174. The fourth-order valence-corrected chi connectivity index (χ4v) is 5.39. The molecule has 1 saturated carbocycles. The third-order valence-electron chi connectivity index (χ3n) is 7.62. The average Bonchev–Trinajstić information content (AvgIpc) is 3.72. The van der Waals surface area contributed by atoms with Crippen molar-refractivity contribution in [3.05, 3.63) is 107 Å². The standard InChI is InChI=1S/C30H27BClFN8/c1-2-25(18-6-4-3-5-7-18)37-28-19(14-34)15-36-29-23(28)12-21(13-24(29)32)38-30(31,20-8-11-27(33)35-16-20)26-17-41(40-39-26)22-9-10-22/h3-8,11-13,15-17,22,25,38H,2,9-10,31H2,1H3,(H,36,37)/t25-,30?/m1/s1. The Kier molecular flexibility index (Phi) is 7.06. The minimum Gasteiger partial charge on any atom is -0.377 e. The molecule has 0 saturated heterocycles. The van der Waals surface area contributed by atoms with Gasteiger partial charge in [-0.2, -0.15) is 9.65 Å². The minimum absolute atomic E-state index is 0.0303. The van der Waals surface area contributed by atoms with Crippen LogP contribution in [0.5, 0.6) is 0 Å². The molecule has 0 radical (unpaired) electrons. The number of rotatable bonds is 9. The Morgan fingerprint density at radius 3 is 2.66 bits per heavy atom. The van der Waals surface area contributed by atoms with E-state index in [-0.39, 0.29) is 6.04 Å². The zero-order chi connectivity index (χ0) is 28.6. The lowest BCUT2D eigenvalue weighted by atomic mass is 9.70. The lowest BCUT2D eigenvalue weighted by Gasteiger charge is -2.31. The number of hydrogen-bond donors (Lipinski definition) is 2. The Labute approximate surface area is 243 Å². The number of hydrogen-bond acceptors (Lipinski definition) is 7. The molecule has 8 nitrogen and oxygen atoms in total. The van der Waals surface area contributed by atoms with Crippen LogP contribution in [0.1, 0.15) is 60.7 Å². The van der Waals surface area contributed by atoms with Gasteiger partial charge in [0.15, 0.2) is 0 Å². The number of benzene rings is 2. The van der Waals surface area contributed by atoms with Gasteiger partial charge < -0.3 is 10.6 Å². The lowest BCUT2D eigenvalue weighted by Crippen LogP contribution is -2.38. The molecule has 0 aliphatic heterocycles. The summed E-state index contributed by atoms with van der Waals surface area (Å²) in [5.74, 6) is -0.568. The van der Waals surface area contributed by atoms with E-state index in [4.69, 9.17) is 11.6 Å². The Morgan fingerprint density at radius 2 is 1.98 bits per heavy atom. The number of nitrogens with one attached hydrogen (secondary N) is 2. The lowest BCUT2D eigenvalue weighted by molar-refractivity contribution is 0.580. The summed E-state index contributed by atoms with van der Waals surface area (Å²) in [6.07, 6.45) is 7.90. The van der Waals surface area contributed by atoms with Crippen molar-refractivity contribution in [2.45, 2.75) is 43.7 Å². The van der Waals surface area contributed by atoms with Crippen LogP contribution < -0.4 is 10.6 Å². The average molecular weight is 565 g/mol. The molecular weight excluding hydrogens is 538 g/mol. The molecule has 1 fully saturated rings. The Bertz CT molecular complexity index is 1750. The predicted molar refractivity (Wildman–Crippen MR) is 160 cm³/mol. The molecule has 3 heterocycles. The molecule has 5 aromatic rings. The van der Waals surface area contributed by atoms with Crippen LogP contribution in [0.3, 0.4) is 0 Å². The van der Waals surface area contributed by atoms with Crippen molar-refractivity contribution in [2.24, 2.45) is 0 Å². The van der Waals surface area contributed by atoms with Gasteiger partial charge in [0, 0.05) is 23.5 Å². The molecule has 2 N–H and O–H groups in total. The van der Waals surface area contributed by atoms with Gasteiger partial charge in [0.25, 0.3) is 0 Å². The summed E-state index contributed by atoms with van der Waals surface area (Å²) in [6, 6.07) is 19.4. The summed E-state index contributed by atoms with van der Waals surface area (Å²) in [5, 5.41) is 27.1. The first kappa shape index (κ1) is 26.7. The van der Waals surface area contributed by atoms with Crippen LogP contribution in [-0.2, 0) is 5.44 Å². The maximum absolute atomic E-state index is 13.8. The monoisotopic (exact) mass is 564 g/mol. The van der Waals surface area contributed by atoms with Crippen molar-refractivity contribution in [1.82, 2.24) is 25.0 Å². The van der Waals surface area contributed by atoms with Gasteiger partial charge in [-0.3, -0.25) is 4.98 Å². The molecule has 0 bridgehead atoms. The molecule has 0 spiro atoms. The van der Waals surface area contributed by atoms with E-state index in [1.54, 1.807) is 18.3 Å². The topological polar surface area (TPSA) is 104 Å². The maximum Gasteiger partial charge on any atom is 0.212 e. The molecule has 2 atom stereocenters. The van der Waals surface area contributed by atoms with E-state index in [2.05, 4.69) is 56.0 Å². The summed E-state index contributed by atoms with van der Waals surface area (Å²) in [4.78, 5) is 8.41. The molecule has 1 unspecified atom stereocenters. The minimum atomic E-state index is -0.922. The maximum atomic E-state index is 13.8. The number of nitrogens with zero attached hydrogens (tertiary/aromatic N) is 6. The first-order chi connectivity index (χ1) is 19.9. The van der Waals surface area contributed by atoms with Crippen LogP contribution in [0.15, 0.2) is 73.2 Å². The molecular formula is C30H27BClFN8. The SMILES string of the molecule is BC(Nc1cc(Cl)c2ncc(C#N)c(N[C@H](CC)c3ccccc3)c2c1)(c1ccc(F)nc1)c1cn(C2CC2)nn1. The van der Waals surface area contributed by atoms with Crippen LogP contribution in [-0.4, -0.2) is 32.8 Å². The van der Waals surface area contributed by atoms with Crippen molar-refractivity contribution in [1.29, 1.82) is 5.26 Å². The van der Waals surface area contributed by atoms with Gasteiger partial charge in [-0.05, 0) is 48.6 Å². The predicted octanol–water partition coefficient (Wildman–Crippen LogP) is 5.73. The second kappa shape index (κ2) is 10.8. The second-order valence-corrected chi connectivity index (χ2v) is 10.9. The number of halogens is 2. The van der Waals surface area contributed by atoms with Crippen molar-refractivity contribution in [2.75, 3.05) is 10.6 Å². The first-order valence-corrected chi connectivity index (χ1v) is 13.9. The van der Waals surface area contributed by atoms with Gasteiger partial charge in [-0.1, -0.05) is 60.1 Å². The third kappa shape index (κ3) is 5.21. The van der Waals surface area contributed by atoms with Gasteiger partial charge in [0.05, 0.1) is 45.5 Å². The number of nitriles is 1. The zero-order valence-corrected chi connectivity index (χ0v) is 23.4. The van der Waals surface area contributed by atoms with Crippen LogP contribution in [0, 0.1) is 17.3 Å². The Balaban J connectivity index is 1.46. The summed E-state index contributed by atoms with van der Waals surface area (Å²) < 4.78 is 15.7. The highest BCUT2D eigenvalue weighted by Gasteiger charge is 2.35. The van der Waals surface area contributed by atoms with Crippen LogP contribution in [0.25, 0.3) is 10.9 Å². The normalized spacial score (nSPS) is 15.2. The molecule has 1 aliphatic rings. The van der Waals surface area contributed by atoms with Crippen molar-refractivity contribution in [3.63, 3.8) is 0 Å². The van der Waals surface area contributed by atoms with Gasteiger partial charge in [-0.25, -0.2) is 9.67 Å². The fourth-order valence-electron chi connectivity index (χ4n) is 5.12. The second-order valence-electron chi connectivity index (χ2n) is 10.5. The van der Waals surface area contributed by atoms with E-state index >= 15 is 0 Å². The van der Waals surface area contributed by atoms with Gasteiger partial charge in [0.1, 0.15) is 19.6 Å². The van der Waals surface area contributed by atoms with E-state index < -0.39 is 11.4 Å². The number of pyridine rings is 2. The van der Waals surface area contributed by atoms with Crippen molar-refractivity contribution < 1.29 is 4.39 Å². The highest BCUT2D eigenvalue weighted by molar-refractivity contribution is 6.36. The Hall–Kier alpha value is -4.49.